The number of amides is 2. The molecule has 1 aromatic carbocycles. The molecule has 2 N–H and O–H groups in total. The number of carbonyl (C=O) groups is 2. The molecule has 2 amide bonds. The summed E-state index contributed by atoms with van der Waals surface area (Å²) in [7, 11) is 3.82. The molecule has 2 aromatic heterocycles. The fourth-order valence-corrected chi connectivity index (χ4v) is 5.46. The second-order valence-electron chi connectivity index (χ2n) is 10.6. The highest BCUT2D eigenvalue weighted by Gasteiger charge is 2.51. The number of halogens is 1. The van der Waals surface area contributed by atoms with Gasteiger partial charge in [0.2, 0.25) is 5.91 Å². The first-order valence-corrected chi connectivity index (χ1v) is 13.4. The van der Waals surface area contributed by atoms with Gasteiger partial charge in [0, 0.05) is 50.4 Å². The van der Waals surface area contributed by atoms with Crippen LogP contribution in [0.5, 0.6) is 0 Å². The normalized spacial score (nSPS) is 18.5. The van der Waals surface area contributed by atoms with Crippen LogP contribution in [-0.4, -0.2) is 70.7 Å². The van der Waals surface area contributed by atoms with Crippen molar-refractivity contribution in [2.24, 2.45) is 12.5 Å². The Balaban J connectivity index is 1.41. The summed E-state index contributed by atoms with van der Waals surface area (Å²) in [6.07, 6.45) is 5.12. The first-order valence-electron chi connectivity index (χ1n) is 13.0. The van der Waals surface area contributed by atoms with Gasteiger partial charge in [-0.15, -0.1) is 0 Å². The molecule has 0 bridgehead atoms. The van der Waals surface area contributed by atoms with E-state index in [1.807, 2.05) is 36.4 Å². The van der Waals surface area contributed by atoms with Crippen molar-refractivity contribution in [3.8, 4) is 0 Å². The van der Waals surface area contributed by atoms with Crippen LogP contribution < -0.4 is 15.5 Å². The molecule has 0 radical (unpaired) electrons. The molecule has 1 aliphatic heterocycles. The second kappa shape index (κ2) is 10.7. The molecule has 0 spiro atoms. The Morgan fingerprint density at radius 3 is 2.37 bits per heavy atom. The van der Waals surface area contributed by atoms with Crippen LogP contribution in [0.3, 0.4) is 0 Å². The molecular weight excluding hydrogens is 502 g/mol. The average molecular weight is 536 g/mol. The smallest absolute Gasteiger partial charge is 0.270 e. The minimum Gasteiger partial charge on any atom is -0.354 e. The maximum atomic E-state index is 13.9. The Kier molecular flexibility index (Phi) is 7.40. The first kappa shape index (κ1) is 26.2. The van der Waals surface area contributed by atoms with Gasteiger partial charge >= 0.3 is 0 Å². The number of nitrogens with zero attached hydrogens (tertiary/aromatic N) is 5. The number of nitrogens with one attached hydrogen (secondary N) is 2. The van der Waals surface area contributed by atoms with Crippen molar-refractivity contribution in [2.75, 3.05) is 43.4 Å². The zero-order chi connectivity index (χ0) is 26.9. The highest BCUT2D eigenvalue weighted by Crippen LogP contribution is 2.58. The third-order valence-electron chi connectivity index (χ3n) is 7.83. The van der Waals surface area contributed by atoms with E-state index in [1.165, 1.54) is 4.68 Å². The number of aryl methyl sites for hydroxylation is 1. The van der Waals surface area contributed by atoms with Crippen LogP contribution in [0.2, 0.25) is 5.02 Å². The molecule has 10 heteroatoms. The molecule has 9 nitrogen and oxygen atoms in total. The van der Waals surface area contributed by atoms with E-state index in [2.05, 4.69) is 44.5 Å². The lowest BCUT2D eigenvalue weighted by atomic mass is 9.78. The molecule has 38 heavy (non-hydrogen) atoms. The van der Waals surface area contributed by atoms with Crippen molar-refractivity contribution in [3.63, 3.8) is 0 Å². The van der Waals surface area contributed by atoms with Crippen molar-refractivity contribution >= 4 is 34.9 Å². The van der Waals surface area contributed by atoms with Gasteiger partial charge in [-0.25, -0.2) is 4.98 Å². The number of rotatable bonds is 8. The summed E-state index contributed by atoms with van der Waals surface area (Å²) in [6.45, 7) is 5.94. The van der Waals surface area contributed by atoms with Gasteiger partial charge in [-0.1, -0.05) is 36.7 Å². The summed E-state index contributed by atoms with van der Waals surface area (Å²) in [4.78, 5) is 36.3. The molecule has 1 saturated carbocycles. The monoisotopic (exact) mass is 535 g/mol. The standard InChI is InChI=1S/C28H34ClN7O2/c1-28(11-12-28)24(20-6-4-5-7-21(20)29)25(33-26(37)22-10-13-31-35(22)3)27(38)32-19-8-9-23(30-18-19)36-16-14-34(2)15-17-36/h4-10,13,18,24-25H,11-12,14-17H2,1-3H3,(H,32,38)(H,33,37)/t24?,25-/m0/s1. The van der Waals surface area contributed by atoms with Crippen LogP contribution in [-0.2, 0) is 11.8 Å². The first-order chi connectivity index (χ1) is 18.2. The number of hydrogen-bond acceptors (Lipinski definition) is 6. The third-order valence-corrected chi connectivity index (χ3v) is 8.17. The van der Waals surface area contributed by atoms with E-state index < -0.39 is 6.04 Å². The third kappa shape index (κ3) is 5.54. The van der Waals surface area contributed by atoms with E-state index in [4.69, 9.17) is 11.6 Å². The largest absolute Gasteiger partial charge is 0.354 e. The van der Waals surface area contributed by atoms with E-state index in [0.717, 1.165) is 50.4 Å². The average Bonchev–Trinajstić information content (AvgIpc) is 3.50. The van der Waals surface area contributed by atoms with Crippen molar-refractivity contribution in [3.05, 3.63) is 71.1 Å². The highest BCUT2D eigenvalue weighted by molar-refractivity contribution is 6.31. The lowest BCUT2D eigenvalue weighted by Crippen LogP contribution is -2.50. The molecule has 3 heterocycles. The van der Waals surface area contributed by atoms with Crippen molar-refractivity contribution < 1.29 is 9.59 Å². The number of likely N-dealkylation sites (N-methyl/N-ethyl adjacent to an activating group) is 1. The summed E-state index contributed by atoms with van der Waals surface area (Å²) in [6, 6.07) is 12.1. The Morgan fingerprint density at radius 1 is 1.03 bits per heavy atom. The molecule has 5 rings (SSSR count). The SMILES string of the molecule is CN1CCN(c2ccc(NC(=O)[C@@H](NC(=O)c3ccnn3C)C(c3ccccc3Cl)C3(C)CC3)cn2)CC1. The van der Waals surface area contributed by atoms with Gasteiger partial charge in [0.15, 0.2) is 0 Å². The molecule has 1 saturated heterocycles. The van der Waals surface area contributed by atoms with Crippen LogP contribution >= 0.6 is 11.6 Å². The molecule has 1 aliphatic carbocycles. The summed E-state index contributed by atoms with van der Waals surface area (Å²) in [5, 5.41) is 10.7. The summed E-state index contributed by atoms with van der Waals surface area (Å²) in [5.41, 5.74) is 1.63. The second-order valence-corrected chi connectivity index (χ2v) is 11.0. The van der Waals surface area contributed by atoms with Gasteiger partial charge in [0.05, 0.1) is 11.9 Å². The minimum atomic E-state index is -0.859. The van der Waals surface area contributed by atoms with Gasteiger partial charge in [0.25, 0.3) is 5.91 Å². The number of benzene rings is 1. The van der Waals surface area contributed by atoms with Crippen molar-refractivity contribution in [1.29, 1.82) is 0 Å². The number of hydrogen-bond donors (Lipinski definition) is 2. The summed E-state index contributed by atoms with van der Waals surface area (Å²) in [5.74, 6) is -0.106. The molecular formula is C28H34ClN7O2. The van der Waals surface area contributed by atoms with E-state index in [1.54, 1.807) is 25.5 Å². The topological polar surface area (TPSA) is 95.4 Å². The van der Waals surface area contributed by atoms with Crippen molar-refractivity contribution in [1.82, 2.24) is 25.0 Å². The van der Waals surface area contributed by atoms with Crippen molar-refractivity contribution in [2.45, 2.75) is 31.7 Å². The van der Waals surface area contributed by atoms with Gasteiger partial charge < -0.3 is 20.4 Å². The van der Waals surface area contributed by atoms with Crippen LogP contribution in [0.15, 0.2) is 54.9 Å². The molecule has 1 unspecified atom stereocenters. The summed E-state index contributed by atoms with van der Waals surface area (Å²) < 4.78 is 1.49. The zero-order valence-electron chi connectivity index (χ0n) is 22.0. The summed E-state index contributed by atoms with van der Waals surface area (Å²) >= 11 is 6.65. The number of aromatic nitrogens is 3. The van der Waals surface area contributed by atoms with Gasteiger partial charge in [-0.2, -0.15) is 5.10 Å². The van der Waals surface area contributed by atoms with E-state index >= 15 is 0 Å². The molecule has 3 aromatic rings. The van der Waals surface area contributed by atoms with E-state index in [9.17, 15) is 9.59 Å². The quantitative estimate of drug-likeness (QED) is 0.458. The van der Waals surface area contributed by atoms with Crippen LogP contribution in [0, 0.1) is 5.41 Å². The maximum absolute atomic E-state index is 13.9. The number of pyridine rings is 1. The van der Waals surface area contributed by atoms with Gasteiger partial charge in [0.1, 0.15) is 17.6 Å². The Labute approximate surface area is 228 Å². The maximum Gasteiger partial charge on any atom is 0.270 e. The Bertz CT molecular complexity index is 1300. The fraction of sp³-hybridized carbons (Fsp3) is 0.429. The predicted molar refractivity (Wildman–Crippen MR) is 149 cm³/mol. The molecule has 2 fully saturated rings. The number of anilines is 2. The lowest BCUT2D eigenvalue weighted by Gasteiger charge is -2.33. The van der Waals surface area contributed by atoms with Gasteiger partial charge in [-0.05, 0) is 55.1 Å². The zero-order valence-corrected chi connectivity index (χ0v) is 22.8. The Hall–Kier alpha value is -3.43. The highest BCUT2D eigenvalue weighted by atomic mass is 35.5. The molecule has 2 atom stereocenters. The lowest BCUT2D eigenvalue weighted by molar-refractivity contribution is -0.119. The number of piperazine rings is 1. The number of carbonyl (C=O) groups excluding carboxylic acids is 2. The van der Waals surface area contributed by atoms with Crippen LogP contribution in [0.25, 0.3) is 0 Å². The van der Waals surface area contributed by atoms with Gasteiger partial charge in [-0.3, -0.25) is 14.3 Å². The fourth-order valence-electron chi connectivity index (χ4n) is 5.21. The van der Waals surface area contributed by atoms with Crippen LogP contribution in [0.4, 0.5) is 11.5 Å². The van der Waals surface area contributed by atoms with E-state index in [-0.39, 0.29) is 23.1 Å². The molecule has 200 valence electrons. The minimum absolute atomic E-state index is 0.170. The van der Waals surface area contributed by atoms with Crippen LogP contribution in [0.1, 0.15) is 41.7 Å². The molecule has 2 aliphatic rings. The van der Waals surface area contributed by atoms with E-state index in [0.29, 0.717) is 16.4 Å². The Morgan fingerprint density at radius 2 is 1.76 bits per heavy atom. The predicted octanol–water partition coefficient (Wildman–Crippen LogP) is 3.54.